The van der Waals surface area contributed by atoms with Gasteiger partial charge < -0.3 is 18.2 Å². The van der Waals surface area contributed by atoms with Crippen molar-refractivity contribution in [3.8, 4) is 17.2 Å². The average Bonchev–Trinajstić information content (AvgIpc) is 3.17. The monoisotopic (exact) mass is 548 g/mol. The summed E-state index contributed by atoms with van der Waals surface area (Å²) in [6, 6.07) is 13.4. The maximum atomic E-state index is 11.3. The van der Waals surface area contributed by atoms with Gasteiger partial charge >= 0.3 is 10.1 Å². The van der Waals surface area contributed by atoms with Crippen LogP contribution in [0.5, 0.6) is 17.2 Å². The summed E-state index contributed by atoms with van der Waals surface area (Å²) in [4.78, 5) is 4.90. The minimum atomic E-state index is -3.54. The summed E-state index contributed by atoms with van der Waals surface area (Å²) in [6.07, 6.45) is 3.69. The molecule has 8 heteroatoms. The number of benzene rings is 3. The van der Waals surface area contributed by atoms with Crippen molar-refractivity contribution < 1.29 is 22.1 Å². The van der Waals surface area contributed by atoms with Gasteiger partial charge in [-0.05, 0) is 106 Å². The molecule has 1 aliphatic rings. The number of fused-ring (bicyclic) bond motifs is 2. The predicted octanol–water partition coefficient (Wildman–Crippen LogP) is 6.11. The predicted molar refractivity (Wildman–Crippen MR) is 153 cm³/mol. The van der Waals surface area contributed by atoms with Gasteiger partial charge in [-0.3, -0.25) is 0 Å². The van der Waals surface area contributed by atoms with E-state index in [2.05, 4.69) is 57.4 Å². The Balaban J connectivity index is 1.35. The van der Waals surface area contributed by atoms with Gasteiger partial charge in [0.15, 0.2) is 0 Å². The quantitative estimate of drug-likeness (QED) is 0.259. The Bertz CT molecular complexity index is 1670. The maximum absolute atomic E-state index is 11.3. The molecule has 0 spiro atoms. The molecule has 4 aromatic rings. The van der Waals surface area contributed by atoms with Gasteiger partial charge in [-0.1, -0.05) is 18.2 Å². The highest BCUT2D eigenvalue weighted by Gasteiger charge is 2.31. The molecule has 0 amide bonds. The molecule has 1 aliphatic heterocycles. The van der Waals surface area contributed by atoms with Gasteiger partial charge in [0.1, 0.15) is 35.3 Å². The Morgan fingerprint density at radius 1 is 1.00 bits per heavy atom. The molecule has 0 aliphatic carbocycles. The topological polar surface area (TPSA) is 79.7 Å². The molecule has 0 unspecified atom stereocenters. The Labute approximate surface area is 230 Å². The van der Waals surface area contributed by atoms with Crippen LogP contribution in [0.15, 0.2) is 42.5 Å². The first kappa shape index (κ1) is 27.1. The van der Waals surface area contributed by atoms with E-state index < -0.39 is 10.1 Å². The standard InChI is InChI=1S/C31H36N2O5S/c1-19-20(2)30-25(14-15-31(4,5)37-30)21(3)29(19)36-18-28-32-26-17-23(10-13-27(26)33(28)6)16-22-8-11-24(12-9-22)38-39(7,34)35/h8-13,17H,14-16,18H2,1-7H3. The van der Waals surface area contributed by atoms with E-state index in [-0.39, 0.29) is 5.60 Å². The Morgan fingerprint density at radius 2 is 1.69 bits per heavy atom. The van der Waals surface area contributed by atoms with Gasteiger partial charge in [-0.2, -0.15) is 8.42 Å². The highest BCUT2D eigenvalue weighted by atomic mass is 32.2. The van der Waals surface area contributed by atoms with Crippen LogP contribution in [0.4, 0.5) is 0 Å². The molecule has 0 N–H and O–H groups in total. The summed E-state index contributed by atoms with van der Waals surface area (Å²) in [5, 5.41) is 0. The lowest BCUT2D eigenvalue weighted by atomic mass is 9.88. The van der Waals surface area contributed by atoms with E-state index in [9.17, 15) is 8.42 Å². The molecule has 39 heavy (non-hydrogen) atoms. The fraction of sp³-hybridized carbons (Fsp3) is 0.387. The first-order valence-corrected chi connectivity index (χ1v) is 15.0. The van der Waals surface area contributed by atoms with Crippen molar-refractivity contribution >= 4 is 21.2 Å². The number of imidazole rings is 1. The molecule has 2 heterocycles. The van der Waals surface area contributed by atoms with Gasteiger partial charge in [0.05, 0.1) is 17.3 Å². The molecule has 0 radical (unpaired) electrons. The highest BCUT2D eigenvalue weighted by molar-refractivity contribution is 7.86. The van der Waals surface area contributed by atoms with Gasteiger partial charge in [0.2, 0.25) is 0 Å². The summed E-state index contributed by atoms with van der Waals surface area (Å²) in [6.45, 7) is 11.0. The number of aryl methyl sites for hydroxylation is 1. The molecule has 0 fully saturated rings. The summed E-state index contributed by atoms with van der Waals surface area (Å²) < 4.78 is 42.5. The fourth-order valence-electron chi connectivity index (χ4n) is 5.31. The molecule has 3 aromatic carbocycles. The zero-order valence-electron chi connectivity index (χ0n) is 23.7. The van der Waals surface area contributed by atoms with E-state index >= 15 is 0 Å². The van der Waals surface area contributed by atoms with E-state index in [1.165, 1.54) is 5.56 Å². The SMILES string of the molecule is Cc1c(C)c2c(c(C)c1OCc1nc3cc(Cc4ccc(OS(C)(=O)=O)cc4)ccc3n1C)CCC(C)(C)O2. The van der Waals surface area contributed by atoms with Crippen LogP contribution < -0.4 is 13.7 Å². The van der Waals surface area contributed by atoms with Gasteiger partial charge in [-0.15, -0.1) is 0 Å². The Morgan fingerprint density at radius 3 is 2.38 bits per heavy atom. The van der Waals surface area contributed by atoms with Crippen molar-refractivity contribution in [3.63, 3.8) is 0 Å². The maximum Gasteiger partial charge on any atom is 0.306 e. The lowest BCUT2D eigenvalue weighted by Gasteiger charge is -2.35. The summed E-state index contributed by atoms with van der Waals surface area (Å²) in [5.41, 5.74) is 8.62. The molecule has 0 saturated heterocycles. The minimum Gasteiger partial charge on any atom is -0.487 e. The van der Waals surface area contributed by atoms with E-state index in [4.69, 9.17) is 18.6 Å². The number of hydrogen-bond acceptors (Lipinski definition) is 6. The molecule has 206 valence electrons. The number of hydrogen-bond donors (Lipinski definition) is 0. The first-order valence-electron chi connectivity index (χ1n) is 13.2. The first-order chi connectivity index (χ1) is 18.3. The van der Waals surface area contributed by atoms with Crippen molar-refractivity contribution in [1.29, 1.82) is 0 Å². The summed E-state index contributed by atoms with van der Waals surface area (Å²) in [5.74, 6) is 3.10. The number of nitrogens with zero attached hydrogens (tertiary/aromatic N) is 2. The molecule has 0 saturated carbocycles. The molecule has 0 atom stereocenters. The normalized spacial score (nSPS) is 14.6. The van der Waals surface area contributed by atoms with Gasteiger partial charge in [0.25, 0.3) is 0 Å². The second-order valence-electron chi connectivity index (χ2n) is 11.2. The Hall–Kier alpha value is -3.52. The van der Waals surface area contributed by atoms with Crippen LogP contribution in [0, 0.1) is 20.8 Å². The number of aromatic nitrogens is 2. The number of rotatable bonds is 7. The van der Waals surface area contributed by atoms with Crippen molar-refractivity contribution in [1.82, 2.24) is 9.55 Å². The molecular formula is C31H36N2O5S. The van der Waals surface area contributed by atoms with Crippen molar-refractivity contribution in [3.05, 3.63) is 81.7 Å². The van der Waals surface area contributed by atoms with Crippen LogP contribution in [0.2, 0.25) is 0 Å². The van der Waals surface area contributed by atoms with Crippen LogP contribution in [-0.2, 0) is 36.6 Å². The van der Waals surface area contributed by atoms with Crippen molar-refractivity contribution in [2.75, 3.05) is 6.26 Å². The van der Waals surface area contributed by atoms with Crippen LogP contribution in [0.3, 0.4) is 0 Å². The third-order valence-corrected chi connectivity index (χ3v) is 8.12. The zero-order chi connectivity index (χ0) is 28.1. The third kappa shape index (κ3) is 5.62. The van der Waals surface area contributed by atoms with E-state index in [1.54, 1.807) is 12.1 Å². The Kier molecular flexibility index (Phi) is 6.87. The molecule has 1 aromatic heterocycles. The van der Waals surface area contributed by atoms with Crippen molar-refractivity contribution in [2.24, 2.45) is 7.05 Å². The largest absolute Gasteiger partial charge is 0.487 e. The average molecular weight is 549 g/mol. The fourth-order valence-corrected chi connectivity index (χ4v) is 5.77. The molecule has 0 bridgehead atoms. The smallest absolute Gasteiger partial charge is 0.306 e. The number of ether oxygens (including phenoxy) is 2. The summed E-state index contributed by atoms with van der Waals surface area (Å²) >= 11 is 0. The van der Waals surface area contributed by atoms with E-state index in [1.807, 2.05) is 19.2 Å². The molecule has 5 rings (SSSR count). The van der Waals surface area contributed by atoms with Crippen LogP contribution in [-0.4, -0.2) is 29.8 Å². The molecule has 7 nitrogen and oxygen atoms in total. The summed E-state index contributed by atoms with van der Waals surface area (Å²) in [7, 11) is -1.52. The minimum absolute atomic E-state index is 0.152. The lowest BCUT2D eigenvalue weighted by Crippen LogP contribution is -2.33. The second kappa shape index (κ2) is 9.90. The second-order valence-corrected chi connectivity index (χ2v) is 12.8. The van der Waals surface area contributed by atoms with Crippen LogP contribution in [0.25, 0.3) is 11.0 Å². The van der Waals surface area contributed by atoms with E-state index in [0.717, 1.165) is 75.3 Å². The third-order valence-electron chi connectivity index (χ3n) is 7.63. The molecular weight excluding hydrogens is 512 g/mol. The van der Waals surface area contributed by atoms with Crippen molar-refractivity contribution in [2.45, 2.75) is 66.1 Å². The zero-order valence-corrected chi connectivity index (χ0v) is 24.5. The lowest BCUT2D eigenvalue weighted by molar-refractivity contribution is 0.0830. The van der Waals surface area contributed by atoms with Gasteiger partial charge in [0, 0.05) is 12.6 Å². The van der Waals surface area contributed by atoms with Crippen LogP contribution in [0.1, 0.15) is 59.5 Å². The van der Waals surface area contributed by atoms with E-state index in [0.29, 0.717) is 18.8 Å². The van der Waals surface area contributed by atoms with Crippen LogP contribution >= 0.6 is 0 Å². The van der Waals surface area contributed by atoms with Gasteiger partial charge in [-0.25, -0.2) is 4.98 Å². The highest BCUT2D eigenvalue weighted by Crippen LogP contribution is 2.43.